The summed E-state index contributed by atoms with van der Waals surface area (Å²) in [5.41, 5.74) is 1.69. The van der Waals surface area contributed by atoms with Crippen molar-refractivity contribution in [1.29, 1.82) is 0 Å². The molecule has 0 aromatic carbocycles. The minimum Gasteiger partial charge on any atom is -0.386 e. The van der Waals surface area contributed by atoms with Gasteiger partial charge in [-0.2, -0.15) is 9.90 Å². The highest BCUT2D eigenvalue weighted by Gasteiger charge is 2.17. The summed E-state index contributed by atoms with van der Waals surface area (Å²) in [7, 11) is 1.70. The van der Waals surface area contributed by atoms with Gasteiger partial charge in [-0.05, 0) is 25.1 Å². The lowest BCUT2D eigenvalue weighted by Crippen LogP contribution is -2.11. The standard InChI is InChI=1S/C10H16N6O/c1-4-16-8(5-7(2)12-16)9(17)6-10-11-14-15(3)13-10/h5,9,17H,4,6H2,1-3H3. The highest BCUT2D eigenvalue weighted by Crippen LogP contribution is 2.17. The van der Waals surface area contributed by atoms with Gasteiger partial charge in [-0.15, -0.1) is 10.2 Å². The van der Waals surface area contributed by atoms with E-state index in [1.54, 1.807) is 11.7 Å². The number of tetrazole rings is 1. The molecule has 0 bridgehead atoms. The van der Waals surface area contributed by atoms with Crippen molar-refractivity contribution in [3.05, 3.63) is 23.3 Å². The van der Waals surface area contributed by atoms with Crippen LogP contribution in [0.2, 0.25) is 0 Å². The molecule has 0 fully saturated rings. The zero-order valence-electron chi connectivity index (χ0n) is 10.2. The quantitative estimate of drug-likeness (QED) is 0.808. The minimum absolute atomic E-state index is 0.346. The lowest BCUT2D eigenvalue weighted by atomic mass is 10.1. The molecule has 0 saturated carbocycles. The Labute approximate surface area is 99.1 Å². The summed E-state index contributed by atoms with van der Waals surface area (Å²) < 4.78 is 1.79. The molecule has 92 valence electrons. The average Bonchev–Trinajstić information content (AvgIpc) is 2.84. The largest absolute Gasteiger partial charge is 0.386 e. The Bertz CT molecular complexity index is 503. The van der Waals surface area contributed by atoms with Crippen LogP contribution in [-0.2, 0) is 20.0 Å². The van der Waals surface area contributed by atoms with Crippen LogP contribution in [0.4, 0.5) is 0 Å². The number of aliphatic hydroxyl groups is 1. The number of aryl methyl sites for hydroxylation is 3. The molecular formula is C10H16N6O. The number of hydrogen-bond acceptors (Lipinski definition) is 5. The molecular weight excluding hydrogens is 220 g/mol. The van der Waals surface area contributed by atoms with Gasteiger partial charge in [0.1, 0.15) is 6.10 Å². The maximum Gasteiger partial charge on any atom is 0.177 e. The molecule has 1 unspecified atom stereocenters. The van der Waals surface area contributed by atoms with Crippen molar-refractivity contribution in [2.75, 3.05) is 0 Å². The first-order valence-electron chi connectivity index (χ1n) is 5.55. The van der Waals surface area contributed by atoms with Crippen molar-refractivity contribution in [2.24, 2.45) is 7.05 Å². The summed E-state index contributed by atoms with van der Waals surface area (Å²) in [5, 5.41) is 26.1. The smallest absolute Gasteiger partial charge is 0.177 e. The first kappa shape index (κ1) is 11.7. The first-order chi connectivity index (χ1) is 8.10. The summed E-state index contributed by atoms with van der Waals surface area (Å²) in [5.74, 6) is 0.529. The fraction of sp³-hybridized carbons (Fsp3) is 0.600. The number of aromatic nitrogens is 6. The van der Waals surface area contributed by atoms with E-state index in [1.807, 2.05) is 19.9 Å². The zero-order valence-corrected chi connectivity index (χ0v) is 10.2. The van der Waals surface area contributed by atoms with Crippen molar-refractivity contribution < 1.29 is 5.11 Å². The molecule has 1 atom stereocenters. The van der Waals surface area contributed by atoms with E-state index in [0.717, 1.165) is 17.9 Å². The van der Waals surface area contributed by atoms with Gasteiger partial charge in [0.05, 0.1) is 18.4 Å². The van der Waals surface area contributed by atoms with E-state index >= 15 is 0 Å². The molecule has 2 rings (SSSR count). The van der Waals surface area contributed by atoms with Gasteiger partial charge in [0.2, 0.25) is 0 Å². The van der Waals surface area contributed by atoms with Crippen molar-refractivity contribution in [1.82, 2.24) is 30.0 Å². The summed E-state index contributed by atoms with van der Waals surface area (Å²) in [6.07, 6.45) is -0.306. The Morgan fingerprint density at radius 3 is 2.76 bits per heavy atom. The van der Waals surface area contributed by atoms with Gasteiger partial charge in [-0.1, -0.05) is 0 Å². The molecule has 0 radical (unpaired) electrons. The van der Waals surface area contributed by atoms with Gasteiger partial charge < -0.3 is 5.11 Å². The van der Waals surface area contributed by atoms with E-state index in [2.05, 4.69) is 20.5 Å². The molecule has 2 aromatic rings. The molecule has 0 amide bonds. The summed E-state index contributed by atoms with van der Waals surface area (Å²) in [6, 6.07) is 1.88. The third kappa shape index (κ3) is 2.50. The molecule has 0 aliphatic heterocycles. The van der Waals surface area contributed by atoms with Crippen LogP contribution in [0.15, 0.2) is 6.07 Å². The zero-order chi connectivity index (χ0) is 12.4. The van der Waals surface area contributed by atoms with Crippen LogP contribution < -0.4 is 0 Å². The van der Waals surface area contributed by atoms with Crippen LogP contribution in [0.5, 0.6) is 0 Å². The van der Waals surface area contributed by atoms with Crippen LogP contribution in [0, 0.1) is 6.92 Å². The van der Waals surface area contributed by atoms with Gasteiger partial charge >= 0.3 is 0 Å². The Morgan fingerprint density at radius 1 is 1.41 bits per heavy atom. The normalized spacial score (nSPS) is 12.9. The predicted molar refractivity (Wildman–Crippen MR) is 60.1 cm³/mol. The Hall–Kier alpha value is -1.76. The Morgan fingerprint density at radius 2 is 2.18 bits per heavy atom. The average molecular weight is 236 g/mol. The van der Waals surface area contributed by atoms with E-state index in [-0.39, 0.29) is 0 Å². The molecule has 0 aliphatic carbocycles. The number of hydrogen-bond donors (Lipinski definition) is 1. The summed E-state index contributed by atoms with van der Waals surface area (Å²) in [4.78, 5) is 1.38. The molecule has 7 nitrogen and oxygen atoms in total. The van der Waals surface area contributed by atoms with Gasteiger partial charge in [-0.3, -0.25) is 4.68 Å². The lowest BCUT2D eigenvalue weighted by Gasteiger charge is -2.09. The van der Waals surface area contributed by atoms with Crippen molar-refractivity contribution in [2.45, 2.75) is 32.9 Å². The van der Waals surface area contributed by atoms with E-state index in [9.17, 15) is 5.11 Å². The lowest BCUT2D eigenvalue weighted by molar-refractivity contribution is 0.164. The molecule has 7 heteroatoms. The van der Waals surface area contributed by atoms with E-state index in [1.165, 1.54) is 4.80 Å². The van der Waals surface area contributed by atoms with E-state index in [0.29, 0.717) is 12.2 Å². The number of aliphatic hydroxyl groups excluding tert-OH is 1. The molecule has 1 N–H and O–H groups in total. The fourth-order valence-corrected chi connectivity index (χ4v) is 1.77. The van der Waals surface area contributed by atoms with Crippen molar-refractivity contribution in [3.8, 4) is 0 Å². The van der Waals surface area contributed by atoms with Crippen LogP contribution in [0.3, 0.4) is 0 Å². The van der Waals surface area contributed by atoms with Crippen LogP contribution in [0.1, 0.15) is 30.2 Å². The minimum atomic E-state index is -0.652. The van der Waals surface area contributed by atoms with E-state index in [4.69, 9.17) is 0 Å². The third-order valence-corrected chi connectivity index (χ3v) is 2.50. The Kier molecular flexibility index (Phi) is 3.19. The molecule has 0 saturated heterocycles. The van der Waals surface area contributed by atoms with Gasteiger partial charge in [0.25, 0.3) is 0 Å². The maximum atomic E-state index is 10.1. The van der Waals surface area contributed by atoms with Gasteiger partial charge in [-0.25, -0.2) is 0 Å². The van der Waals surface area contributed by atoms with Crippen molar-refractivity contribution >= 4 is 0 Å². The summed E-state index contributed by atoms with van der Waals surface area (Å²) >= 11 is 0. The predicted octanol–water partition coefficient (Wildman–Crippen LogP) is 0.0110. The topological polar surface area (TPSA) is 81.6 Å². The molecule has 2 aromatic heterocycles. The van der Waals surface area contributed by atoms with Gasteiger partial charge in [0, 0.05) is 13.0 Å². The maximum absolute atomic E-state index is 10.1. The SMILES string of the molecule is CCn1nc(C)cc1C(O)Cc1nnn(C)n1. The van der Waals surface area contributed by atoms with Crippen LogP contribution >= 0.6 is 0 Å². The molecule has 17 heavy (non-hydrogen) atoms. The van der Waals surface area contributed by atoms with E-state index < -0.39 is 6.10 Å². The molecule has 0 spiro atoms. The second-order valence-electron chi connectivity index (χ2n) is 3.94. The monoisotopic (exact) mass is 236 g/mol. The first-order valence-corrected chi connectivity index (χ1v) is 5.55. The second-order valence-corrected chi connectivity index (χ2v) is 3.94. The highest BCUT2D eigenvalue weighted by molar-refractivity contribution is 5.12. The van der Waals surface area contributed by atoms with Crippen LogP contribution in [-0.4, -0.2) is 35.1 Å². The number of nitrogens with zero attached hydrogens (tertiary/aromatic N) is 6. The van der Waals surface area contributed by atoms with Crippen LogP contribution in [0.25, 0.3) is 0 Å². The molecule has 2 heterocycles. The summed E-state index contributed by atoms with van der Waals surface area (Å²) in [6.45, 7) is 4.63. The van der Waals surface area contributed by atoms with Gasteiger partial charge in [0.15, 0.2) is 5.82 Å². The van der Waals surface area contributed by atoms with Crippen molar-refractivity contribution in [3.63, 3.8) is 0 Å². The second kappa shape index (κ2) is 4.62. The fourth-order valence-electron chi connectivity index (χ4n) is 1.77. The third-order valence-electron chi connectivity index (χ3n) is 2.50. The highest BCUT2D eigenvalue weighted by atomic mass is 16.3. The Balaban J connectivity index is 2.16. The molecule has 0 aliphatic rings. The number of rotatable bonds is 4.